The highest BCUT2D eigenvalue weighted by atomic mass is 19.4. The number of rotatable bonds is 3. The van der Waals surface area contributed by atoms with Gasteiger partial charge < -0.3 is 9.13 Å². The van der Waals surface area contributed by atoms with Gasteiger partial charge in [0.2, 0.25) is 0 Å². The third-order valence-electron chi connectivity index (χ3n) is 12.6. The maximum atomic E-state index is 14.6. The van der Waals surface area contributed by atoms with Crippen molar-refractivity contribution in [3.8, 4) is 28.6 Å². The fraction of sp³-hybridized carbons (Fsp3) is 0.327. The SMILES string of the molecule is CC(C)(C)c1ccc2c3ccc(C(C)(C)C)cc3n(-c3cc(-c4cc(C(F)(F)F)cc(C(F)(F)F)c4)cc(-n4c5cc(C(C)(C)C)ccc5c5ccc(C(C)(C)C)cc54)c3C#N)c2c1. The van der Waals surface area contributed by atoms with Gasteiger partial charge >= 0.3 is 12.4 Å². The lowest BCUT2D eigenvalue weighted by atomic mass is 9.86. The van der Waals surface area contributed by atoms with Crippen molar-refractivity contribution in [2.75, 3.05) is 0 Å². The summed E-state index contributed by atoms with van der Waals surface area (Å²) < 4.78 is 91.5. The molecule has 0 aliphatic heterocycles. The smallest absolute Gasteiger partial charge is 0.308 e. The Kier molecular flexibility index (Phi) is 10.1. The Labute approximate surface area is 370 Å². The van der Waals surface area contributed by atoms with Gasteiger partial charge in [0.1, 0.15) is 11.6 Å². The van der Waals surface area contributed by atoms with E-state index in [2.05, 4.69) is 162 Å². The van der Waals surface area contributed by atoms with Gasteiger partial charge in [0, 0.05) is 21.5 Å². The summed E-state index contributed by atoms with van der Waals surface area (Å²) in [6, 6.07) is 32.2. The molecule has 0 spiro atoms. The molecule has 0 unspecified atom stereocenters. The lowest BCUT2D eigenvalue weighted by Crippen LogP contribution is -2.13. The molecule has 0 aliphatic carbocycles. The molecule has 2 heterocycles. The van der Waals surface area contributed by atoms with Crippen molar-refractivity contribution in [2.24, 2.45) is 0 Å². The van der Waals surface area contributed by atoms with Gasteiger partial charge in [0.05, 0.1) is 44.6 Å². The van der Waals surface area contributed by atoms with E-state index in [0.29, 0.717) is 11.4 Å². The Morgan fingerprint density at radius 1 is 0.359 bits per heavy atom. The van der Waals surface area contributed by atoms with Crippen LogP contribution >= 0.6 is 0 Å². The molecular weight excluding hydrogens is 817 g/mol. The van der Waals surface area contributed by atoms with E-state index in [1.807, 2.05) is 9.13 Å². The van der Waals surface area contributed by atoms with Crippen LogP contribution in [0.25, 0.3) is 66.1 Å². The second-order valence-electron chi connectivity index (χ2n) is 21.4. The second-order valence-corrected chi connectivity index (χ2v) is 21.4. The van der Waals surface area contributed by atoms with Crippen molar-refractivity contribution in [3.63, 3.8) is 0 Å². The van der Waals surface area contributed by atoms with Crippen molar-refractivity contribution >= 4 is 43.6 Å². The molecule has 8 rings (SSSR count). The average Bonchev–Trinajstić information content (AvgIpc) is 3.69. The molecule has 0 saturated heterocycles. The first-order valence-electron chi connectivity index (χ1n) is 21.5. The zero-order valence-electron chi connectivity index (χ0n) is 38.4. The minimum atomic E-state index is -5.08. The quantitative estimate of drug-likeness (QED) is 0.163. The molecular formula is C55H53F6N3. The topological polar surface area (TPSA) is 33.6 Å². The number of nitriles is 1. The summed E-state index contributed by atoms with van der Waals surface area (Å²) in [6.07, 6.45) is -10.2. The Bertz CT molecular complexity index is 2880. The highest BCUT2D eigenvalue weighted by Gasteiger charge is 2.37. The number of fused-ring (bicyclic) bond motifs is 6. The number of alkyl halides is 6. The van der Waals surface area contributed by atoms with Gasteiger partial charge in [-0.25, -0.2) is 0 Å². The number of hydrogen-bond donors (Lipinski definition) is 0. The van der Waals surface area contributed by atoms with Gasteiger partial charge in [0.15, 0.2) is 0 Å². The molecule has 3 nitrogen and oxygen atoms in total. The molecule has 330 valence electrons. The molecule has 0 aliphatic rings. The Balaban J connectivity index is 1.64. The summed E-state index contributed by atoms with van der Waals surface area (Å²) in [5.74, 6) is 0. The standard InChI is InChI=1S/C55H53F6N3/c1-50(2,3)33-13-17-39-40-18-14-34(51(4,5)6)27-47(40)63(46(39)26-33)44-23-32(31-21-37(54(56,57)58)25-38(22-31)55(59,60)61)24-45(43(44)30-62)64-48-28-35(52(7,8)9)15-19-41(48)42-20-16-36(29-49(42)64)53(10,11)12/h13-29H,1-12H3. The molecule has 9 heteroatoms. The fourth-order valence-electron chi connectivity index (χ4n) is 8.79. The van der Waals surface area contributed by atoms with Crippen molar-refractivity contribution in [2.45, 2.75) is 117 Å². The average molecular weight is 870 g/mol. The zero-order valence-corrected chi connectivity index (χ0v) is 38.4. The molecule has 0 saturated carbocycles. The molecule has 0 atom stereocenters. The van der Waals surface area contributed by atoms with Crippen LogP contribution in [-0.2, 0) is 34.0 Å². The molecule has 0 fully saturated rings. The van der Waals surface area contributed by atoms with E-state index >= 15 is 0 Å². The first-order chi connectivity index (χ1) is 29.5. The van der Waals surface area contributed by atoms with Crippen molar-refractivity contribution in [3.05, 3.63) is 142 Å². The van der Waals surface area contributed by atoms with Crippen molar-refractivity contribution in [1.82, 2.24) is 9.13 Å². The Morgan fingerprint density at radius 2 is 0.625 bits per heavy atom. The molecule has 0 radical (unpaired) electrons. The summed E-state index contributed by atoms with van der Waals surface area (Å²) in [4.78, 5) is 0. The Morgan fingerprint density at radius 3 is 0.859 bits per heavy atom. The zero-order chi connectivity index (χ0) is 46.9. The summed E-state index contributed by atoms with van der Waals surface area (Å²) in [7, 11) is 0. The lowest BCUT2D eigenvalue weighted by Gasteiger charge is -2.23. The summed E-state index contributed by atoms with van der Waals surface area (Å²) in [5.41, 5.74) is 3.69. The highest BCUT2D eigenvalue weighted by molar-refractivity contribution is 6.12. The van der Waals surface area contributed by atoms with E-state index in [1.165, 1.54) is 0 Å². The number of halogens is 6. The van der Waals surface area contributed by atoms with Crippen LogP contribution in [0.5, 0.6) is 0 Å². The number of benzene rings is 6. The van der Waals surface area contributed by atoms with E-state index in [-0.39, 0.29) is 44.4 Å². The van der Waals surface area contributed by atoms with Gasteiger partial charge in [-0.15, -0.1) is 0 Å². The molecule has 6 aromatic carbocycles. The third kappa shape index (κ3) is 7.73. The van der Waals surface area contributed by atoms with Gasteiger partial charge in [-0.1, -0.05) is 132 Å². The van der Waals surface area contributed by atoms with Crippen LogP contribution in [0.2, 0.25) is 0 Å². The maximum Gasteiger partial charge on any atom is 0.416 e. The number of hydrogen-bond acceptors (Lipinski definition) is 1. The van der Waals surface area contributed by atoms with Gasteiger partial charge in [-0.3, -0.25) is 0 Å². The van der Waals surface area contributed by atoms with Crippen LogP contribution in [0, 0.1) is 11.3 Å². The summed E-state index contributed by atoms with van der Waals surface area (Å²) in [5, 5.41) is 15.2. The predicted molar refractivity (Wildman–Crippen MR) is 250 cm³/mol. The monoisotopic (exact) mass is 869 g/mol. The first-order valence-corrected chi connectivity index (χ1v) is 21.5. The van der Waals surface area contributed by atoms with Crippen LogP contribution < -0.4 is 0 Å². The number of nitrogens with zero attached hydrogens (tertiary/aromatic N) is 3. The van der Waals surface area contributed by atoms with E-state index in [4.69, 9.17) is 0 Å². The highest BCUT2D eigenvalue weighted by Crippen LogP contribution is 2.45. The van der Waals surface area contributed by atoms with Crippen LogP contribution in [0.3, 0.4) is 0 Å². The van der Waals surface area contributed by atoms with Gasteiger partial charge in [-0.05, 0) is 110 Å². The fourth-order valence-corrected chi connectivity index (χ4v) is 8.79. The summed E-state index contributed by atoms with van der Waals surface area (Å²) >= 11 is 0. The second kappa shape index (κ2) is 14.5. The van der Waals surface area contributed by atoms with Crippen molar-refractivity contribution < 1.29 is 26.3 Å². The normalized spacial score (nSPS) is 13.5. The van der Waals surface area contributed by atoms with Crippen LogP contribution in [0.4, 0.5) is 26.3 Å². The van der Waals surface area contributed by atoms with Crippen molar-refractivity contribution in [1.29, 1.82) is 5.26 Å². The van der Waals surface area contributed by atoms with E-state index < -0.39 is 23.5 Å². The van der Waals surface area contributed by atoms with E-state index in [1.54, 1.807) is 12.1 Å². The molecule has 0 amide bonds. The molecule has 0 N–H and O–H groups in total. The largest absolute Gasteiger partial charge is 0.416 e. The lowest BCUT2D eigenvalue weighted by molar-refractivity contribution is -0.143. The predicted octanol–water partition coefficient (Wildman–Crippen LogP) is 16.6. The molecule has 64 heavy (non-hydrogen) atoms. The molecule has 8 aromatic rings. The van der Waals surface area contributed by atoms with Crippen LogP contribution in [-0.4, -0.2) is 9.13 Å². The number of aromatic nitrogens is 2. The van der Waals surface area contributed by atoms with Gasteiger partial charge in [0.25, 0.3) is 0 Å². The summed E-state index contributed by atoms with van der Waals surface area (Å²) in [6.45, 7) is 25.2. The van der Waals surface area contributed by atoms with E-state index in [9.17, 15) is 31.6 Å². The Hall–Kier alpha value is -6.01. The molecule has 2 aromatic heterocycles. The maximum absolute atomic E-state index is 14.6. The third-order valence-corrected chi connectivity index (χ3v) is 12.6. The molecule has 0 bridgehead atoms. The van der Waals surface area contributed by atoms with Crippen LogP contribution in [0.1, 0.15) is 122 Å². The van der Waals surface area contributed by atoms with Crippen LogP contribution in [0.15, 0.2) is 103 Å². The van der Waals surface area contributed by atoms with E-state index in [0.717, 1.165) is 78.0 Å². The first kappa shape index (κ1) is 44.6. The minimum Gasteiger partial charge on any atom is -0.308 e. The minimum absolute atomic E-state index is 0.0866. The van der Waals surface area contributed by atoms with Gasteiger partial charge in [-0.2, -0.15) is 31.6 Å².